The summed E-state index contributed by atoms with van der Waals surface area (Å²) in [4.78, 5) is 30.1. The molecule has 0 saturated carbocycles. The van der Waals surface area contributed by atoms with Crippen molar-refractivity contribution in [1.29, 1.82) is 0 Å². The molecule has 5 rings (SSSR count). The Morgan fingerprint density at radius 3 is 2.73 bits per heavy atom. The Hall–Kier alpha value is -3.19. The summed E-state index contributed by atoms with van der Waals surface area (Å²) in [5, 5.41) is 10.1. The normalized spacial score (nSPS) is 20.8. The molecule has 154 valence electrons. The average Bonchev–Trinajstić information content (AvgIpc) is 3.35. The number of hydrogen-bond acceptors (Lipinski definition) is 4. The first-order valence-corrected chi connectivity index (χ1v) is 10.1. The topological polar surface area (TPSA) is 91.9 Å². The van der Waals surface area contributed by atoms with Crippen molar-refractivity contribution in [3.63, 3.8) is 0 Å². The van der Waals surface area contributed by atoms with E-state index in [1.807, 2.05) is 30.3 Å². The monoisotopic (exact) mass is 426 g/mol. The van der Waals surface area contributed by atoms with Crippen LogP contribution < -0.4 is 9.47 Å². The molecule has 1 aromatic heterocycles. The van der Waals surface area contributed by atoms with Gasteiger partial charge in [-0.05, 0) is 36.2 Å². The second-order valence-corrected chi connectivity index (χ2v) is 8.15. The molecule has 0 saturated heterocycles. The summed E-state index contributed by atoms with van der Waals surface area (Å²) >= 11 is 6.14. The lowest BCUT2D eigenvalue weighted by atomic mass is 9.87. The van der Waals surface area contributed by atoms with Crippen LogP contribution in [-0.4, -0.2) is 45.1 Å². The van der Waals surface area contributed by atoms with Crippen molar-refractivity contribution in [3.05, 3.63) is 59.3 Å². The van der Waals surface area contributed by atoms with Gasteiger partial charge in [-0.2, -0.15) is 0 Å². The molecule has 2 aliphatic heterocycles. The van der Waals surface area contributed by atoms with E-state index in [1.54, 1.807) is 19.1 Å². The summed E-state index contributed by atoms with van der Waals surface area (Å²) in [6.45, 7) is 1.68. The number of carbonyl (C=O) groups excluding carboxylic acids is 1. The molecule has 3 aromatic rings. The third kappa shape index (κ3) is 2.81. The molecule has 8 heteroatoms. The molecule has 0 radical (unpaired) electrons. The van der Waals surface area contributed by atoms with Crippen LogP contribution in [0.4, 0.5) is 0 Å². The second kappa shape index (κ2) is 6.95. The summed E-state index contributed by atoms with van der Waals surface area (Å²) in [6, 6.07) is 11.4. The van der Waals surface area contributed by atoms with E-state index in [9.17, 15) is 14.7 Å². The summed E-state index contributed by atoms with van der Waals surface area (Å²) in [6.07, 6.45) is 0.199. The minimum Gasteiger partial charge on any atom is -0.480 e. The zero-order valence-corrected chi connectivity index (χ0v) is 16.8. The minimum absolute atomic E-state index is 0.125. The number of fused-ring (bicyclic) bond motifs is 4. The molecule has 7 nitrogen and oxygen atoms in total. The first-order chi connectivity index (χ1) is 14.5. The maximum absolute atomic E-state index is 13.1. The van der Waals surface area contributed by atoms with Gasteiger partial charge in [0.2, 0.25) is 12.7 Å². The number of carboxylic acids is 1. The van der Waals surface area contributed by atoms with Gasteiger partial charge in [-0.3, -0.25) is 4.79 Å². The lowest BCUT2D eigenvalue weighted by Gasteiger charge is -2.41. The highest BCUT2D eigenvalue weighted by atomic mass is 35.5. The molecular formula is C22H19ClN2O5. The quantitative estimate of drug-likeness (QED) is 0.626. The molecule has 3 heterocycles. The van der Waals surface area contributed by atoms with Crippen LogP contribution in [0.3, 0.4) is 0 Å². The zero-order chi connectivity index (χ0) is 21.0. The summed E-state index contributed by atoms with van der Waals surface area (Å²) < 4.78 is 10.9. The summed E-state index contributed by atoms with van der Waals surface area (Å²) in [7, 11) is 0. The molecule has 1 amide bonds. The van der Waals surface area contributed by atoms with Crippen molar-refractivity contribution in [3.8, 4) is 11.5 Å². The van der Waals surface area contributed by atoms with E-state index in [0.29, 0.717) is 11.5 Å². The predicted octanol–water partition coefficient (Wildman–Crippen LogP) is 3.45. The van der Waals surface area contributed by atoms with E-state index in [2.05, 4.69) is 4.98 Å². The van der Waals surface area contributed by atoms with E-state index >= 15 is 0 Å². The van der Waals surface area contributed by atoms with Gasteiger partial charge < -0.3 is 24.5 Å². The van der Waals surface area contributed by atoms with Crippen LogP contribution in [0.2, 0.25) is 0 Å². The van der Waals surface area contributed by atoms with Crippen molar-refractivity contribution < 1.29 is 24.2 Å². The van der Waals surface area contributed by atoms with E-state index in [-0.39, 0.29) is 13.2 Å². The Kier molecular flexibility index (Phi) is 4.36. The third-order valence-corrected chi connectivity index (χ3v) is 5.91. The highest BCUT2D eigenvalue weighted by Crippen LogP contribution is 2.44. The smallest absolute Gasteiger partial charge is 0.326 e. The Morgan fingerprint density at radius 2 is 1.97 bits per heavy atom. The number of rotatable bonds is 3. The number of halogens is 1. The number of alkyl halides is 1. The van der Waals surface area contributed by atoms with E-state index in [4.69, 9.17) is 21.1 Å². The fourth-order valence-electron chi connectivity index (χ4n) is 4.39. The highest BCUT2D eigenvalue weighted by molar-refractivity contribution is 6.30. The molecule has 2 aliphatic rings. The molecule has 3 atom stereocenters. The SMILES string of the molecule is CC(Cl)C(=O)N1C(C(=O)O)Cc2c([nH]c3ccccc23)C1c1ccc2c(c1)OCO2. The Morgan fingerprint density at radius 1 is 1.20 bits per heavy atom. The van der Waals surface area contributed by atoms with Crippen LogP contribution in [0.15, 0.2) is 42.5 Å². The second-order valence-electron chi connectivity index (χ2n) is 7.50. The molecule has 0 spiro atoms. The van der Waals surface area contributed by atoms with Crippen molar-refractivity contribution in [2.24, 2.45) is 0 Å². The number of carboxylic acid groups (broad SMARTS) is 1. The number of carbonyl (C=O) groups is 2. The number of nitrogens with zero attached hydrogens (tertiary/aromatic N) is 1. The predicted molar refractivity (Wildman–Crippen MR) is 110 cm³/mol. The number of aliphatic carboxylic acids is 1. The summed E-state index contributed by atoms with van der Waals surface area (Å²) in [5.74, 6) is -0.322. The van der Waals surface area contributed by atoms with Crippen molar-refractivity contribution in [2.75, 3.05) is 6.79 Å². The highest BCUT2D eigenvalue weighted by Gasteiger charge is 2.44. The van der Waals surface area contributed by atoms with Gasteiger partial charge in [-0.25, -0.2) is 4.79 Å². The Balaban J connectivity index is 1.76. The van der Waals surface area contributed by atoms with Crippen LogP contribution in [0, 0.1) is 0 Å². The molecule has 0 bridgehead atoms. The van der Waals surface area contributed by atoms with Crippen LogP contribution in [-0.2, 0) is 16.0 Å². The van der Waals surface area contributed by atoms with Crippen molar-refractivity contribution >= 4 is 34.4 Å². The summed E-state index contributed by atoms with van der Waals surface area (Å²) in [5.41, 5.74) is 3.31. The number of hydrogen-bond donors (Lipinski definition) is 2. The molecule has 2 N–H and O–H groups in total. The zero-order valence-electron chi connectivity index (χ0n) is 16.1. The van der Waals surface area contributed by atoms with Gasteiger partial charge in [0.25, 0.3) is 0 Å². The number of H-pyrrole nitrogens is 1. The van der Waals surface area contributed by atoms with Crippen LogP contribution in [0.5, 0.6) is 11.5 Å². The van der Waals surface area contributed by atoms with Gasteiger partial charge in [0, 0.05) is 23.0 Å². The average molecular weight is 427 g/mol. The largest absolute Gasteiger partial charge is 0.480 e. The first-order valence-electron chi connectivity index (χ1n) is 9.63. The number of nitrogens with one attached hydrogen (secondary N) is 1. The molecule has 30 heavy (non-hydrogen) atoms. The van der Waals surface area contributed by atoms with E-state index < -0.39 is 29.3 Å². The van der Waals surface area contributed by atoms with Crippen LogP contribution >= 0.6 is 11.6 Å². The molecule has 3 unspecified atom stereocenters. The van der Waals surface area contributed by atoms with Gasteiger partial charge in [0.15, 0.2) is 11.5 Å². The lowest BCUT2D eigenvalue weighted by molar-refractivity contribution is -0.152. The molecule has 0 aliphatic carbocycles. The van der Waals surface area contributed by atoms with Crippen molar-refractivity contribution in [2.45, 2.75) is 30.8 Å². The minimum atomic E-state index is -1.07. The van der Waals surface area contributed by atoms with Crippen LogP contribution in [0.1, 0.15) is 29.8 Å². The fourth-order valence-corrected chi connectivity index (χ4v) is 4.50. The van der Waals surface area contributed by atoms with Crippen LogP contribution in [0.25, 0.3) is 10.9 Å². The number of benzene rings is 2. The van der Waals surface area contributed by atoms with Gasteiger partial charge in [0.1, 0.15) is 11.4 Å². The molecule has 0 fully saturated rings. The third-order valence-electron chi connectivity index (χ3n) is 5.72. The van der Waals surface area contributed by atoms with Gasteiger partial charge >= 0.3 is 5.97 Å². The van der Waals surface area contributed by atoms with E-state index in [0.717, 1.165) is 27.7 Å². The van der Waals surface area contributed by atoms with Gasteiger partial charge in [0.05, 0.1) is 6.04 Å². The molecular weight excluding hydrogens is 408 g/mol. The fraction of sp³-hybridized carbons (Fsp3) is 0.273. The number of para-hydroxylation sites is 1. The standard InChI is InChI=1S/C22H19ClN2O5/c1-11(23)21(26)25-16(22(27)28)9-14-13-4-2-3-5-15(13)24-19(14)20(25)12-6-7-17-18(8-12)30-10-29-17/h2-8,11,16,20,24H,9-10H2,1H3,(H,27,28). The Bertz CT molecular complexity index is 1170. The van der Waals surface area contributed by atoms with Gasteiger partial charge in [-0.1, -0.05) is 24.3 Å². The Labute approximate surface area is 177 Å². The lowest BCUT2D eigenvalue weighted by Crippen LogP contribution is -2.53. The molecule has 2 aromatic carbocycles. The van der Waals surface area contributed by atoms with Gasteiger partial charge in [-0.15, -0.1) is 11.6 Å². The number of amides is 1. The van der Waals surface area contributed by atoms with E-state index in [1.165, 1.54) is 4.90 Å². The number of aromatic amines is 1. The number of ether oxygens (including phenoxy) is 2. The van der Waals surface area contributed by atoms with Crippen molar-refractivity contribution in [1.82, 2.24) is 9.88 Å². The maximum Gasteiger partial charge on any atom is 0.326 e. The number of aromatic nitrogens is 1. The maximum atomic E-state index is 13.1. The first kappa shape index (κ1) is 18.8.